The Bertz CT molecular complexity index is 364. The van der Waals surface area contributed by atoms with Crippen LogP contribution in [0.4, 0.5) is 5.69 Å². The largest absolute Gasteiger partial charge is 0.312 e. The molecule has 0 bridgehead atoms. The first-order chi connectivity index (χ1) is 7.33. The normalized spacial score (nSPS) is 15.3. The van der Waals surface area contributed by atoms with Crippen molar-refractivity contribution < 1.29 is 4.79 Å². The van der Waals surface area contributed by atoms with Crippen molar-refractivity contribution >= 4 is 24.2 Å². The minimum absolute atomic E-state index is 0.246. The predicted molar refractivity (Wildman–Crippen MR) is 65.6 cm³/mol. The van der Waals surface area contributed by atoms with Gasteiger partial charge in [-0.3, -0.25) is 4.79 Å². The van der Waals surface area contributed by atoms with Crippen LogP contribution in [0.2, 0.25) is 0 Å². The Morgan fingerprint density at radius 3 is 2.87 bits per heavy atom. The minimum atomic E-state index is 0.246. The van der Waals surface area contributed by atoms with E-state index in [9.17, 15) is 4.79 Å². The fourth-order valence-corrected chi connectivity index (χ4v) is 2.11. The Kier molecular flexibility index (Phi) is 3.31. The second kappa shape index (κ2) is 4.71. The first kappa shape index (κ1) is 10.6. The molecule has 1 aromatic rings. The number of fused-ring (bicyclic) bond motifs is 1. The zero-order chi connectivity index (χ0) is 10.7. The molecule has 3 heteroatoms. The van der Waals surface area contributed by atoms with Crippen molar-refractivity contribution in [2.24, 2.45) is 0 Å². The fourth-order valence-electron chi connectivity index (χ4n) is 1.97. The number of anilines is 1. The second-order valence-electron chi connectivity index (χ2n) is 3.75. The van der Waals surface area contributed by atoms with E-state index in [1.807, 2.05) is 23.1 Å². The monoisotopic (exact) mass is 221 g/mol. The van der Waals surface area contributed by atoms with Gasteiger partial charge < -0.3 is 4.90 Å². The molecule has 80 valence electrons. The molecule has 0 saturated carbocycles. The van der Waals surface area contributed by atoms with E-state index >= 15 is 0 Å². The van der Waals surface area contributed by atoms with Gasteiger partial charge in [0.1, 0.15) is 0 Å². The minimum Gasteiger partial charge on any atom is -0.312 e. The van der Waals surface area contributed by atoms with Gasteiger partial charge in [0.05, 0.1) is 0 Å². The van der Waals surface area contributed by atoms with E-state index in [2.05, 4.69) is 18.7 Å². The number of hydrogen-bond donors (Lipinski definition) is 1. The van der Waals surface area contributed by atoms with E-state index in [0.717, 1.165) is 30.8 Å². The van der Waals surface area contributed by atoms with Crippen molar-refractivity contribution in [2.75, 3.05) is 17.2 Å². The highest BCUT2D eigenvalue weighted by molar-refractivity contribution is 7.80. The van der Waals surface area contributed by atoms with Gasteiger partial charge in [-0.2, -0.15) is 12.6 Å². The Morgan fingerprint density at radius 1 is 1.27 bits per heavy atom. The summed E-state index contributed by atoms with van der Waals surface area (Å²) in [4.78, 5) is 13.7. The average molecular weight is 221 g/mol. The van der Waals surface area contributed by atoms with Gasteiger partial charge in [0, 0.05) is 18.7 Å². The van der Waals surface area contributed by atoms with Crippen LogP contribution in [0.1, 0.15) is 18.4 Å². The second-order valence-corrected chi connectivity index (χ2v) is 4.20. The number of carbonyl (C=O) groups is 1. The summed E-state index contributed by atoms with van der Waals surface area (Å²) in [6.07, 6.45) is 2.47. The molecule has 0 aromatic heterocycles. The van der Waals surface area contributed by atoms with Gasteiger partial charge in [-0.05, 0) is 30.2 Å². The lowest BCUT2D eigenvalue weighted by Gasteiger charge is -2.29. The van der Waals surface area contributed by atoms with E-state index in [0.29, 0.717) is 6.42 Å². The van der Waals surface area contributed by atoms with Crippen LogP contribution in [-0.2, 0) is 11.2 Å². The van der Waals surface area contributed by atoms with Gasteiger partial charge in [-0.1, -0.05) is 18.2 Å². The summed E-state index contributed by atoms with van der Waals surface area (Å²) in [6, 6.07) is 8.16. The molecule has 0 spiro atoms. The Labute approximate surface area is 95.7 Å². The summed E-state index contributed by atoms with van der Waals surface area (Å²) in [5.41, 5.74) is 2.38. The highest BCUT2D eigenvalue weighted by atomic mass is 32.1. The van der Waals surface area contributed by atoms with Crippen LogP contribution < -0.4 is 4.90 Å². The quantitative estimate of drug-likeness (QED) is 0.776. The number of hydrogen-bond acceptors (Lipinski definition) is 2. The lowest BCUT2D eigenvalue weighted by molar-refractivity contribution is -0.118. The lowest BCUT2D eigenvalue weighted by atomic mass is 10.0. The number of para-hydroxylation sites is 1. The van der Waals surface area contributed by atoms with Crippen molar-refractivity contribution in [3.8, 4) is 0 Å². The third-order valence-electron chi connectivity index (χ3n) is 2.73. The topological polar surface area (TPSA) is 20.3 Å². The summed E-state index contributed by atoms with van der Waals surface area (Å²) >= 11 is 4.18. The SMILES string of the molecule is O=C1CCc2ccccc2N1CCCS. The van der Waals surface area contributed by atoms with Gasteiger partial charge in [-0.15, -0.1) is 0 Å². The van der Waals surface area contributed by atoms with Gasteiger partial charge in [0.25, 0.3) is 0 Å². The fraction of sp³-hybridized carbons (Fsp3) is 0.417. The molecule has 15 heavy (non-hydrogen) atoms. The molecule has 1 aliphatic rings. The highest BCUT2D eigenvalue weighted by Crippen LogP contribution is 2.27. The van der Waals surface area contributed by atoms with Crippen LogP contribution in [0, 0.1) is 0 Å². The number of rotatable bonds is 3. The van der Waals surface area contributed by atoms with Crippen LogP contribution in [-0.4, -0.2) is 18.2 Å². The van der Waals surface area contributed by atoms with Crippen molar-refractivity contribution in [2.45, 2.75) is 19.3 Å². The van der Waals surface area contributed by atoms with Crippen molar-refractivity contribution in [1.82, 2.24) is 0 Å². The highest BCUT2D eigenvalue weighted by Gasteiger charge is 2.22. The molecule has 0 radical (unpaired) electrons. The summed E-state index contributed by atoms with van der Waals surface area (Å²) in [5.74, 6) is 1.07. The molecule has 1 aliphatic heterocycles. The van der Waals surface area contributed by atoms with Crippen molar-refractivity contribution in [1.29, 1.82) is 0 Å². The van der Waals surface area contributed by atoms with Crippen LogP contribution in [0.5, 0.6) is 0 Å². The zero-order valence-corrected chi connectivity index (χ0v) is 9.54. The molecule has 0 N–H and O–H groups in total. The van der Waals surface area contributed by atoms with Gasteiger partial charge in [0.15, 0.2) is 0 Å². The summed E-state index contributed by atoms with van der Waals surface area (Å²) in [6.45, 7) is 0.791. The van der Waals surface area contributed by atoms with Crippen molar-refractivity contribution in [3.05, 3.63) is 29.8 Å². The predicted octanol–water partition coefficient (Wildman–Crippen LogP) is 2.29. The number of benzene rings is 1. The van der Waals surface area contributed by atoms with Gasteiger partial charge in [-0.25, -0.2) is 0 Å². The van der Waals surface area contributed by atoms with E-state index in [1.54, 1.807) is 0 Å². The molecule has 0 aliphatic carbocycles. The molecule has 1 heterocycles. The first-order valence-electron chi connectivity index (χ1n) is 5.32. The molecule has 0 atom stereocenters. The molecular weight excluding hydrogens is 206 g/mol. The summed E-state index contributed by atoms with van der Waals surface area (Å²) in [5, 5.41) is 0. The van der Waals surface area contributed by atoms with E-state index < -0.39 is 0 Å². The van der Waals surface area contributed by atoms with Crippen molar-refractivity contribution in [3.63, 3.8) is 0 Å². The maximum absolute atomic E-state index is 11.8. The Hall–Kier alpha value is -0.960. The third-order valence-corrected chi connectivity index (χ3v) is 3.05. The molecule has 0 fully saturated rings. The van der Waals surface area contributed by atoms with Crippen LogP contribution in [0.15, 0.2) is 24.3 Å². The third kappa shape index (κ3) is 2.17. The van der Waals surface area contributed by atoms with E-state index in [-0.39, 0.29) is 5.91 Å². The lowest BCUT2D eigenvalue weighted by Crippen LogP contribution is -2.35. The molecule has 2 rings (SSSR count). The number of aryl methyl sites for hydroxylation is 1. The Balaban J connectivity index is 2.25. The van der Waals surface area contributed by atoms with Crippen LogP contribution in [0.3, 0.4) is 0 Å². The maximum Gasteiger partial charge on any atom is 0.227 e. The maximum atomic E-state index is 11.8. The number of carbonyl (C=O) groups excluding carboxylic acids is 1. The molecule has 0 saturated heterocycles. The van der Waals surface area contributed by atoms with E-state index in [4.69, 9.17) is 0 Å². The number of amides is 1. The van der Waals surface area contributed by atoms with Crippen LogP contribution in [0.25, 0.3) is 0 Å². The summed E-state index contributed by atoms with van der Waals surface area (Å²) in [7, 11) is 0. The molecule has 1 amide bonds. The first-order valence-corrected chi connectivity index (χ1v) is 5.95. The van der Waals surface area contributed by atoms with Crippen LogP contribution >= 0.6 is 12.6 Å². The molecular formula is C12H15NOS. The zero-order valence-electron chi connectivity index (χ0n) is 8.65. The average Bonchev–Trinajstić information content (AvgIpc) is 2.28. The smallest absolute Gasteiger partial charge is 0.227 e. The molecule has 2 nitrogen and oxygen atoms in total. The van der Waals surface area contributed by atoms with Gasteiger partial charge in [0.2, 0.25) is 5.91 Å². The Morgan fingerprint density at radius 2 is 2.07 bits per heavy atom. The number of nitrogens with zero attached hydrogens (tertiary/aromatic N) is 1. The molecule has 0 unspecified atom stereocenters. The van der Waals surface area contributed by atoms with E-state index in [1.165, 1.54) is 5.56 Å². The number of thiol groups is 1. The summed E-state index contributed by atoms with van der Waals surface area (Å²) < 4.78 is 0. The van der Waals surface area contributed by atoms with Gasteiger partial charge >= 0.3 is 0 Å². The standard InChI is InChI=1S/C12H15NOS/c14-12-7-6-10-4-1-2-5-11(10)13(12)8-3-9-15/h1-2,4-5,15H,3,6-9H2. The molecule has 1 aromatic carbocycles.